The van der Waals surface area contributed by atoms with Gasteiger partial charge in [-0.2, -0.15) is 0 Å². The van der Waals surface area contributed by atoms with Crippen molar-refractivity contribution in [1.82, 2.24) is 15.4 Å². The molecule has 0 bridgehead atoms. The fourth-order valence-electron chi connectivity index (χ4n) is 6.25. The second-order valence-corrected chi connectivity index (χ2v) is 11.4. The highest BCUT2D eigenvalue weighted by Gasteiger charge is 2.31. The van der Waals surface area contributed by atoms with Crippen molar-refractivity contribution < 1.29 is 18.4 Å². The summed E-state index contributed by atoms with van der Waals surface area (Å²) in [4.78, 5) is 17.1. The summed E-state index contributed by atoms with van der Waals surface area (Å²) in [6, 6.07) is 3.26. The van der Waals surface area contributed by atoms with Crippen LogP contribution in [0.25, 0.3) is 11.0 Å². The fourth-order valence-corrected chi connectivity index (χ4v) is 6.42. The van der Waals surface area contributed by atoms with Gasteiger partial charge in [0.25, 0.3) is 0 Å². The Hall–Kier alpha value is -1.90. The Labute approximate surface area is 217 Å². The van der Waals surface area contributed by atoms with E-state index in [4.69, 9.17) is 20.9 Å². The van der Waals surface area contributed by atoms with Crippen LogP contribution in [0.5, 0.6) is 0 Å². The second-order valence-electron chi connectivity index (χ2n) is 11.0. The average Bonchev–Trinajstić information content (AvgIpc) is 3.25. The van der Waals surface area contributed by atoms with Crippen LogP contribution in [-0.4, -0.2) is 68.4 Å². The maximum absolute atomic E-state index is 13.7. The molecule has 1 aromatic carbocycles. The van der Waals surface area contributed by atoms with Crippen LogP contribution in [0.4, 0.5) is 10.2 Å². The lowest BCUT2D eigenvalue weighted by Crippen LogP contribution is -2.47. The number of anilines is 1. The van der Waals surface area contributed by atoms with Crippen LogP contribution in [-0.2, 0) is 9.53 Å². The smallest absolute Gasteiger partial charge is 0.220 e. The van der Waals surface area contributed by atoms with E-state index in [1.165, 1.54) is 25.3 Å². The third-order valence-corrected chi connectivity index (χ3v) is 8.73. The molecule has 0 radical (unpaired) electrons. The molecule has 9 heteroatoms. The number of nitrogens with zero attached hydrogens (tertiary/aromatic N) is 3. The molecule has 2 saturated carbocycles. The molecule has 1 N–H and O–H groups in total. The van der Waals surface area contributed by atoms with Crippen molar-refractivity contribution in [3.63, 3.8) is 0 Å². The quantitative estimate of drug-likeness (QED) is 0.508. The van der Waals surface area contributed by atoms with Crippen molar-refractivity contribution in [3.8, 4) is 0 Å². The maximum atomic E-state index is 13.7. The van der Waals surface area contributed by atoms with Gasteiger partial charge in [0.05, 0.1) is 10.4 Å². The molecule has 1 aliphatic heterocycles. The largest absolute Gasteiger partial charge is 0.384 e. The molecule has 2 aromatic rings. The number of fused-ring (bicyclic) bond motifs is 1. The first-order valence-electron chi connectivity index (χ1n) is 13.5. The van der Waals surface area contributed by atoms with Crippen molar-refractivity contribution in [3.05, 3.63) is 23.0 Å². The SMILES string of the molecule is COCC1CC(CC(=O)NC2CCC(CCN3CCN(c4noc5cc(F)c(Cl)cc45)CC3)CC2)C1. The summed E-state index contributed by atoms with van der Waals surface area (Å²) in [6.07, 6.45) is 8.76. The molecule has 36 heavy (non-hydrogen) atoms. The van der Waals surface area contributed by atoms with E-state index >= 15 is 0 Å². The van der Waals surface area contributed by atoms with Crippen LogP contribution in [0.2, 0.25) is 5.02 Å². The fraction of sp³-hybridized carbons (Fsp3) is 0.704. The number of hydrogen-bond acceptors (Lipinski definition) is 6. The van der Waals surface area contributed by atoms with Crippen molar-refractivity contribution in [1.29, 1.82) is 0 Å². The predicted molar refractivity (Wildman–Crippen MR) is 139 cm³/mol. The minimum absolute atomic E-state index is 0.0920. The standard InChI is InChI=1S/C27H38ClFN4O3/c1-35-17-20-12-19(13-20)14-26(34)30-21-4-2-18(3-5-21)6-7-32-8-10-33(11-9-32)27-22-15-23(28)24(29)16-25(22)36-31-27/h15-16,18-21H,2-14,17H2,1H3,(H,30,34). The first kappa shape index (κ1) is 25.7. The van der Waals surface area contributed by atoms with Crippen molar-refractivity contribution in [2.45, 2.75) is 57.4 Å². The van der Waals surface area contributed by atoms with Crippen LogP contribution in [0.3, 0.4) is 0 Å². The molecule has 2 aliphatic carbocycles. The lowest BCUT2D eigenvalue weighted by molar-refractivity contribution is -0.124. The van der Waals surface area contributed by atoms with E-state index in [1.807, 2.05) is 0 Å². The number of ether oxygens (including phenoxy) is 1. The van der Waals surface area contributed by atoms with E-state index in [-0.39, 0.29) is 10.9 Å². The highest BCUT2D eigenvalue weighted by Crippen LogP contribution is 2.36. The van der Waals surface area contributed by atoms with E-state index in [1.54, 1.807) is 13.2 Å². The molecule has 2 heterocycles. The number of piperazine rings is 1. The Bertz CT molecular complexity index is 1030. The third kappa shape index (κ3) is 6.14. The zero-order valence-electron chi connectivity index (χ0n) is 21.2. The van der Waals surface area contributed by atoms with Crippen molar-refractivity contribution in [2.75, 3.05) is 51.3 Å². The molecular weight excluding hydrogens is 483 g/mol. The summed E-state index contributed by atoms with van der Waals surface area (Å²) in [5, 5.41) is 8.34. The molecule has 0 atom stereocenters. The van der Waals surface area contributed by atoms with E-state index in [0.29, 0.717) is 29.9 Å². The van der Waals surface area contributed by atoms with Crippen molar-refractivity contribution in [2.24, 2.45) is 17.8 Å². The van der Waals surface area contributed by atoms with Gasteiger partial charge < -0.3 is 19.5 Å². The molecule has 3 aliphatic rings. The Morgan fingerprint density at radius 2 is 1.89 bits per heavy atom. The normalized spacial score (nSPS) is 27.2. The molecule has 5 rings (SSSR count). The van der Waals surface area contributed by atoms with Gasteiger partial charge in [-0.15, -0.1) is 0 Å². The van der Waals surface area contributed by atoms with Crippen LogP contribution in [0.1, 0.15) is 51.4 Å². The zero-order chi connectivity index (χ0) is 25.1. The molecule has 0 unspecified atom stereocenters. The van der Waals surface area contributed by atoms with Gasteiger partial charge in [0.1, 0.15) is 5.82 Å². The number of benzene rings is 1. The van der Waals surface area contributed by atoms with E-state index < -0.39 is 5.82 Å². The number of halogens is 2. The number of aromatic nitrogens is 1. The predicted octanol–water partition coefficient (Wildman–Crippen LogP) is 4.87. The highest BCUT2D eigenvalue weighted by atomic mass is 35.5. The lowest BCUT2D eigenvalue weighted by atomic mass is 9.73. The molecule has 3 fully saturated rings. The summed E-state index contributed by atoms with van der Waals surface area (Å²) in [7, 11) is 1.75. The molecule has 1 saturated heterocycles. The second kappa shape index (κ2) is 11.7. The van der Waals surface area contributed by atoms with Crippen LogP contribution in [0.15, 0.2) is 16.7 Å². The Morgan fingerprint density at radius 3 is 2.61 bits per heavy atom. The van der Waals surface area contributed by atoms with Crippen LogP contribution < -0.4 is 10.2 Å². The first-order valence-corrected chi connectivity index (χ1v) is 13.9. The van der Waals surface area contributed by atoms with Crippen LogP contribution >= 0.6 is 11.6 Å². The third-order valence-electron chi connectivity index (χ3n) is 8.44. The number of carbonyl (C=O) groups excluding carboxylic acids is 1. The Balaban J connectivity index is 0.982. The summed E-state index contributed by atoms with van der Waals surface area (Å²) < 4.78 is 24.2. The molecule has 1 amide bonds. The number of hydrogen-bond donors (Lipinski definition) is 1. The number of methoxy groups -OCH3 is 1. The van der Waals surface area contributed by atoms with Gasteiger partial charge in [0, 0.05) is 58.4 Å². The van der Waals surface area contributed by atoms with Gasteiger partial charge in [-0.1, -0.05) is 16.8 Å². The first-order chi connectivity index (χ1) is 17.5. The monoisotopic (exact) mass is 520 g/mol. The van der Waals surface area contributed by atoms with Crippen LogP contribution in [0, 0.1) is 23.6 Å². The Morgan fingerprint density at radius 1 is 1.14 bits per heavy atom. The molecule has 0 spiro atoms. The van der Waals surface area contributed by atoms with E-state index in [0.717, 1.165) is 82.1 Å². The molecule has 1 aromatic heterocycles. The molecule has 198 valence electrons. The summed E-state index contributed by atoms with van der Waals surface area (Å²) in [6.45, 7) is 5.61. The number of carbonyl (C=O) groups is 1. The Kier molecular flexibility index (Phi) is 8.33. The molecule has 7 nitrogen and oxygen atoms in total. The van der Waals surface area contributed by atoms with Gasteiger partial charge in [-0.25, -0.2) is 4.39 Å². The number of rotatable bonds is 9. The summed E-state index contributed by atoms with van der Waals surface area (Å²) >= 11 is 5.97. The van der Waals surface area contributed by atoms with Crippen molar-refractivity contribution >= 4 is 34.3 Å². The van der Waals surface area contributed by atoms with Gasteiger partial charge >= 0.3 is 0 Å². The van der Waals surface area contributed by atoms with E-state index in [9.17, 15) is 9.18 Å². The van der Waals surface area contributed by atoms with Gasteiger partial charge in [-0.3, -0.25) is 9.69 Å². The minimum atomic E-state index is -0.488. The zero-order valence-corrected chi connectivity index (χ0v) is 21.9. The summed E-state index contributed by atoms with van der Waals surface area (Å²) in [5.41, 5.74) is 0.430. The van der Waals surface area contributed by atoms with E-state index in [2.05, 4.69) is 20.3 Å². The minimum Gasteiger partial charge on any atom is -0.384 e. The average molecular weight is 521 g/mol. The van der Waals surface area contributed by atoms with Gasteiger partial charge in [0.2, 0.25) is 5.91 Å². The highest BCUT2D eigenvalue weighted by molar-refractivity contribution is 6.31. The molecular formula is C27H38ClFN4O3. The maximum Gasteiger partial charge on any atom is 0.220 e. The lowest BCUT2D eigenvalue weighted by Gasteiger charge is -2.36. The number of amides is 1. The summed E-state index contributed by atoms with van der Waals surface area (Å²) in [5.74, 6) is 2.44. The topological polar surface area (TPSA) is 70.8 Å². The number of nitrogens with one attached hydrogen (secondary N) is 1. The van der Waals surface area contributed by atoms with Gasteiger partial charge in [0.15, 0.2) is 11.4 Å². The van der Waals surface area contributed by atoms with Gasteiger partial charge in [-0.05, 0) is 75.3 Å².